The molecule has 0 fully saturated rings. The minimum absolute atomic E-state index is 0.245. The second kappa shape index (κ2) is 5.37. The molecule has 3 aromatic rings. The minimum atomic E-state index is 0.245. The first-order chi connectivity index (χ1) is 9.56. The Bertz CT molecular complexity index is 787. The number of aromatic nitrogens is 2. The zero-order valence-corrected chi connectivity index (χ0v) is 13.6. The largest absolute Gasteiger partial charge is 0.397 e. The van der Waals surface area contributed by atoms with Crippen molar-refractivity contribution in [3.05, 3.63) is 38.1 Å². The van der Waals surface area contributed by atoms with Crippen LogP contribution in [0.3, 0.4) is 0 Å². The molecule has 0 amide bonds. The lowest BCUT2D eigenvalue weighted by Crippen LogP contribution is -1.92. The van der Waals surface area contributed by atoms with Crippen LogP contribution in [0, 0.1) is 0 Å². The fraction of sp³-hybridized carbons (Fsp3) is 0. The van der Waals surface area contributed by atoms with E-state index < -0.39 is 0 Å². The summed E-state index contributed by atoms with van der Waals surface area (Å²) >= 11 is 17.0. The Morgan fingerprint density at radius 2 is 2.00 bits per heavy atom. The van der Waals surface area contributed by atoms with Gasteiger partial charge < -0.3 is 10.3 Å². The number of hydrogen-bond acceptors (Lipinski definition) is 5. The summed E-state index contributed by atoms with van der Waals surface area (Å²) in [4.78, 5) is 5.19. The first kappa shape index (κ1) is 13.9. The van der Waals surface area contributed by atoms with E-state index in [1.54, 1.807) is 12.1 Å². The fourth-order valence-electron chi connectivity index (χ4n) is 1.64. The average Bonchev–Trinajstić information content (AvgIpc) is 3.03. The van der Waals surface area contributed by atoms with Gasteiger partial charge in [-0.15, -0.1) is 11.3 Å². The van der Waals surface area contributed by atoms with Gasteiger partial charge in [0.2, 0.25) is 5.82 Å². The van der Waals surface area contributed by atoms with Crippen molar-refractivity contribution < 1.29 is 4.52 Å². The minimum Gasteiger partial charge on any atom is -0.397 e. The number of benzene rings is 1. The molecule has 3 rings (SSSR count). The molecule has 102 valence electrons. The molecule has 0 bridgehead atoms. The second-order valence-electron chi connectivity index (χ2n) is 3.87. The van der Waals surface area contributed by atoms with Crippen molar-refractivity contribution in [3.8, 4) is 22.2 Å². The number of nitrogens with zero attached hydrogens (tertiary/aromatic N) is 2. The summed E-state index contributed by atoms with van der Waals surface area (Å²) in [5.41, 5.74) is 6.69. The van der Waals surface area contributed by atoms with Gasteiger partial charge in [-0.25, -0.2) is 0 Å². The topological polar surface area (TPSA) is 64.9 Å². The van der Waals surface area contributed by atoms with Gasteiger partial charge in [-0.2, -0.15) is 4.98 Å². The van der Waals surface area contributed by atoms with Gasteiger partial charge in [0.25, 0.3) is 5.89 Å². The normalized spacial score (nSPS) is 10.9. The van der Waals surface area contributed by atoms with Crippen LogP contribution in [0.1, 0.15) is 0 Å². The van der Waals surface area contributed by atoms with Crippen molar-refractivity contribution in [3.63, 3.8) is 0 Å². The summed E-state index contributed by atoms with van der Waals surface area (Å²) in [6.07, 6.45) is 0. The molecule has 1 aromatic carbocycles. The molecule has 8 heteroatoms. The number of hydrogen-bond donors (Lipinski definition) is 1. The van der Waals surface area contributed by atoms with E-state index in [0.29, 0.717) is 27.1 Å². The maximum Gasteiger partial charge on any atom is 0.261 e. The van der Waals surface area contributed by atoms with Crippen LogP contribution >= 0.6 is 50.5 Å². The lowest BCUT2D eigenvalue weighted by atomic mass is 10.2. The molecule has 0 radical (unpaired) electrons. The van der Waals surface area contributed by atoms with Crippen LogP contribution in [0.25, 0.3) is 22.2 Å². The SMILES string of the molecule is Nc1c(Cl)ccc(Cl)c1-c1nc(-c2cc(Br)cs2)no1. The van der Waals surface area contributed by atoms with E-state index in [1.165, 1.54) is 11.3 Å². The Morgan fingerprint density at radius 1 is 1.25 bits per heavy atom. The van der Waals surface area contributed by atoms with Crippen molar-refractivity contribution in [1.29, 1.82) is 0 Å². The van der Waals surface area contributed by atoms with E-state index in [1.807, 2.05) is 11.4 Å². The van der Waals surface area contributed by atoms with Crippen LogP contribution < -0.4 is 5.73 Å². The quantitative estimate of drug-likeness (QED) is 0.617. The standard InChI is InChI=1S/C12H6BrCl2N3OS/c13-5-3-8(20-4-5)11-17-12(19-18-11)9-6(14)1-2-7(15)10(9)16/h1-4H,16H2. The highest BCUT2D eigenvalue weighted by Crippen LogP contribution is 2.38. The smallest absolute Gasteiger partial charge is 0.261 e. The molecule has 0 aliphatic rings. The van der Waals surface area contributed by atoms with Gasteiger partial charge in [-0.1, -0.05) is 28.4 Å². The molecule has 4 nitrogen and oxygen atoms in total. The molecule has 2 N–H and O–H groups in total. The number of anilines is 1. The summed E-state index contributed by atoms with van der Waals surface area (Å²) in [6.45, 7) is 0. The molecule has 0 atom stereocenters. The molecule has 2 heterocycles. The molecule has 0 aliphatic carbocycles. The highest BCUT2D eigenvalue weighted by atomic mass is 79.9. The summed E-state index contributed by atoms with van der Waals surface area (Å²) in [7, 11) is 0. The summed E-state index contributed by atoms with van der Waals surface area (Å²) < 4.78 is 6.20. The van der Waals surface area contributed by atoms with E-state index >= 15 is 0 Å². The third-order valence-corrected chi connectivity index (χ3v) is 4.90. The van der Waals surface area contributed by atoms with E-state index in [0.717, 1.165) is 9.35 Å². The third kappa shape index (κ3) is 2.44. The highest BCUT2D eigenvalue weighted by Gasteiger charge is 2.18. The molecule has 0 saturated heterocycles. The number of rotatable bonds is 2. The third-order valence-electron chi connectivity index (χ3n) is 2.57. The molecular weight excluding hydrogens is 385 g/mol. The predicted molar refractivity (Wildman–Crippen MR) is 85.2 cm³/mol. The van der Waals surface area contributed by atoms with Crippen LogP contribution in [-0.4, -0.2) is 10.1 Å². The molecular formula is C12H6BrCl2N3OS. The number of nitrogens with two attached hydrogens (primary N) is 1. The summed E-state index contributed by atoms with van der Waals surface area (Å²) in [5.74, 6) is 0.723. The van der Waals surface area contributed by atoms with Crippen LogP contribution in [0.5, 0.6) is 0 Å². The van der Waals surface area contributed by atoms with Crippen molar-refractivity contribution in [2.75, 3.05) is 5.73 Å². The maximum absolute atomic E-state index is 6.12. The Kier molecular flexibility index (Phi) is 3.72. The average molecular weight is 391 g/mol. The summed E-state index contributed by atoms with van der Waals surface area (Å²) in [5, 5.41) is 6.67. The van der Waals surface area contributed by atoms with Crippen LogP contribution in [0.15, 0.2) is 32.6 Å². The van der Waals surface area contributed by atoms with Gasteiger partial charge in [0.15, 0.2) is 0 Å². The van der Waals surface area contributed by atoms with Crippen molar-refractivity contribution >= 4 is 56.2 Å². The molecule has 20 heavy (non-hydrogen) atoms. The zero-order valence-electron chi connectivity index (χ0n) is 9.73. The predicted octanol–water partition coefficient (Wildman–Crippen LogP) is 5.12. The van der Waals surface area contributed by atoms with Gasteiger partial charge >= 0.3 is 0 Å². The van der Waals surface area contributed by atoms with Gasteiger partial charge in [0.1, 0.15) is 0 Å². The van der Waals surface area contributed by atoms with Gasteiger partial charge in [0.05, 0.1) is 26.2 Å². The molecule has 0 spiro atoms. The first-order valence-electron chi connectivity index (χ1n) is 5.38. The van der Waals surface area contributed by atoms with Gasteiger partial charge in [-0.3, -0.25) is 0 Å². The Hall–Kier alpha value is -1.08. The van der Waals surface area contributed by atoms with Crippen molar-refractivity contribution in [2.24, 2.45) is 0 Å². The van der Waals surface area contributed by atoms with E-state index in [-0.39, 0.29) is 5.89 Å². The summed E-state index contributed by atoms with van der Waals surface area (Å²) in [6, 6.07) is 5.17. The second-order valence-corrected chi connectivity index (χ2v) is 6.51. The maximum atomic E-state index is 6.12. The Labute approximate surface area is 136 Å². The number of nitrogen functional groups attached to an aromatic ring is 1. The van der Waals surface area contributed by atoms with Gasteiger partial charge in [0, 0.05) is 9.85 Å². The van der Waals surface area contributed by atoms with Crippen molar-refractivity contribution in [1.82, 2.24) is 10.1 Å². The van der Waals surface area contributed by atoms with Crippen molar-refractivity contribution in [2.45, 2.75) is 0 Å². The molecule has 0 unspecified atom stereocenters. The van der Waals surface area contributed by atoms with Crippen LogP contribution in [0.2, 0.25) is 10.0 Å². The van der Waals surface area contributed by atoms with Crippen LogP contribution in [-0.2, 0) is 0 Å². The van der Waals surface area contributed by atoms with Crippen LogP contribution in [0.4, 0.5) is 5.69 Å². The van der Waals surface area contributed by atoms with E-state index in [9.17, 15) is 0 Å². The zero-order chi connectivity index (χ0) is 14.3. The lowest BCUT2D eigenvalue weighted by Gasteiger charge is -2.04. The molecule has 0 saturated carbocycles. The van der Waals surface area contributed by atoms with E-state index in [4.69, 9.17) is 33.5 Å². The molecule has 2 aromatic heterocycles. The molecule has 0 aliphatic heterocycles. The first-order valence-corrected chi connectivity index (χ1v) is 7.81. The Morgan fingerprint density at radius 3 is 2.70 bits per heavy atom. The van der Waals surface area contributed by atoms with Gasteiger partial charge in [-0.05, 0) is 34.1 Å². The highest BCUT2D eigenvalue weighted by molar-refractivity contribution is 9.10. The monoisotopic (exact) mass is 389 g/mol. The number of thiophene rings is 1. The lowest BCUT2D eigenvalue weighted by molar-refractivity contribution is 0.432. The number of halogens is 3. The fourth-order valence-corrected chi connectivity index (χ4v) is 3.40. The van der Waals surface area contributed by atoms with E-state index in [2.05, 4.69) is 26.1 Å². The Balaban J connectivity index is 2.09.